The Morgan fingerprint density at radius 3 is 2.29 bits per heavy atom. The number of rotatable bonds is 10. The van der Waals surface area contributed by atoms with Crippen molar-refractivity contribution in [3.05, 3.63) is 0 Å². The van der Waals surface area contributed by atoms with Crippen molar-refractivity contribution < 1.29 is 29.3 Å². The number of carboxylic acids is 2. The van der Waals surface area contributed by atoms with Gasteiger partial charge in [-0.15, -0.1) is 0 Å². The summed E-state index contributed by atoms with van der Waals surface area (Å²) < 4.78 is 4.92. The zero-order chi connectivity index (χ0) is 16.4. The Morgan fingerprint density at radius 1 is 1.24 bits per heavy atom. The average molecular weight is 304 g/mol. The second-order valence-electron chi connectivity index (χ2n) is 5.11. The lowest BCUT2D eigenvalue weighted by atomic mass is 10.1. The zero-order valence-electron chi connectivity index (χ0n) is 12.7. The van der Waals surface area contributed by atoms with E-state index >= 15 is 0 Å². The molecule has 1 unspecified atom stereocenters. The fourth-order valence-corrected chi connectivity index (χ4v) is 1.68. The third-order valence-electron chi connectivity index (χ3n) is 2.68. The highest BCUT2D eigenvalue weighted by atomic mass is 16.5. The number of amides is 2. The number of nitrogens with zero attached hydrogens (tertiary/aromatic N) is 1. The van der Waals surface area contributed by atoms with Crippen LogP contribution < -0.4 is 5.32 Å². The maximum absolute atomic E-state index is 12.1. The maximum Gasteiger partial charge on any atom is 0.326 e. The summed E-state index contributed by atoms with van der Waals surface area (Å²) >= 11 is 0. The van der Waals surface area contributed by atoms with Crippen molar-refractivity contribution in [3.63, 3.8) is 0 Å². The standard InChI is InChI=1S/C13H24N2O6/c1-9(2)8-15(6-7-21-3)13(20)14-10(12(18)19)4-5-11(16)17/h9-10H,4-8H2,1-3H3,(H,14,20)(H,16,17)(H,18,19). The van der Waals surface area contributed by atoms with Gasteiger partial charge < -0.3 is 25.2 Å². The van der Waals surface area contributed by atoms with Gasteiger partial charge in [-0.1, -0.05) is 13.8 Å². The summed E-state index contributed by atoms with van der Waals surface area (Å²) in [5.74, 6) is -2.13. The molecule has 21 heavy (non-hydrogen) atoms. The Hall–Kier alpha value is -1.83. The molecule has 0 aromatic carbocycles. The quantitative estimate of drug-likeness (QED) is 0.545. The topological polar surface area (TPSA) is 116 Å². The van der Waals surface area contributed by atoms with Gasteiger partial charge in [0.05, 0.1) is 6.61 Å². The number of methoxy groups -OCH3 is 1. The van der Waals surface area contributed by atoms with Gasteiger partial charge >= 0.3 is 18.0 Å². The molecule has 8 heteroatoms. The summed E-state index contributed by atoms with van der Waals surface area (Å²) in [7, 11) is 1.51. The molecular formula is C13H24N2O6. The molecule has 8 nitrogen and oxygen atoms in total. The summed E-state index contributed by atoms with van der Waals surface area (Å²) in [6, 6.07) is -1.75. The molecule has 0 heterocycles. The van der Waals surface area contributed by atoms with Gasteiger partial charge in [-0.3, -0.25) is 4.79 Å². The van der Waals surface area contributed by atoms with Crippen molar-refractivity contribution in [2.24, 2.45) is 5.92 Å². The molecule has 2 amide bonds. The number of aliphatic carboxylic acids is 2. The molecule has 0 rings (SSSR count). The van der Waals surface area contributed by atoms with E-state index in [1.165, 1.54) is 12.0 Å². The third kappa shape index (κ3) is 8.85. The Kier molecular flexibility index (Phi) is 9.11. The lowest BCUT2D eigenvalue weighted by Crippen LogP contribution is -2.49. The molecule has 0 fully saturated rings. The van der Waals surface area contributed by atoms with Gasteiger partial charge in [0.25, 0.3) is 0 Å². The van der Waals surface area contributed by atoms with Gasteiger partial charge in [0.1, 0.15) is 6.04 Å². The highest BCUT2D eigenvalue weighted by Crippen LogP contribution is 2.03. The number of carbonyl (C=O) groups is 3. The predicted molar refractivity (Wildman–Crippen MR) is 75.1 cm³/mol. The van der Waals surface area contributed by atoms with E-state index in [4.69, 9.17) is 14.9 Å². The Labute approximate surface area is 124 Å². The van der Waals surface area contributed by atoms with Gasteiger partial charge in [-0.25, -0.2) is 9.59 Å². The first-order valence-corrected chi connectivity index (χ1v) is 6.76. The van der Waals surface area contributed by atoms with E-state index < -0.39 is 24.0 Å². The van der Waals surface area contributed by atoms with Crippen LogP contribution in [-0.4, -0.2) is 65.9 Å². The molecule has 0 saturated carbocycles. The first-order valence-electron chi connectivity index (χ1n) is 6.76. The van der Waals surface area contributed by atoms with Gasteiger partial charge in [0, 0.05) is 26.6 Å². The minimum absolute atomic E-state index is 0.157. The molecule has 0 aromatic rings. The number of hydrogen-bond donors (Lipinski definition) is 3. The summed E-state index contributed by atoms with van der Waals surface area (Å²) in [5, 5.41) is 20.0. The summed E-state index contributed by atoms with van der Waals surface area (Å²) in [6.45, 7) is 5.01. The van der Waals surface area contributed by atoms with Crippen LogP contribution in [0.5, 0.6) is 0 Å². The molecule has 0 aliphatic rings. The van der Waals surface area contributed by atoms with Gasteiger partial charge in [-0.05, 0) is 12.3 Å². The number of carbonyl (C=O) groups excluding carboxylic acids is 1. The second-order valence-corrected chi connectivity index (χ2v) is 5.11. The van der Waals surface area contributed by atoms with Crippen LogP contribution in [0.3, 0.4) is 0 Å². The van der Waals surface area contributed by atoms with Crippen molar-refractivity contribution in [2.75, 3.05) is 26.8 Å². The summed E-state index contributed by atoms with van der Waals surface area (Å²) in [4.78, 5) is 35.1. The molecule has 3 N–H and O–H groups in total. The maximum atomic E-state index is 12.1. The summed E-state index contributed by atoms with van der Waals surface area (Å²) in [6.07, 6.45) is -0.476. The van der Waals surface area contributed by atoms with Crippen LogP contribution >= 0.6 is 0 Å². The number of urea groups is 1. The van der Waals surface area contributed by atoms with Crippen LogP contribution in [0.15, 0.2) is 0 Å². The van der Waals surface area contributed by atoms with Gasteiger partial charge in [0.15, 0.2) is 0 Å². The van der Waals surface area contributed by atoms with E-state index in [1.54, 1.807) is 0 Å². The van der Waals surface area contributed by atoms with Crippen molar-refractivity contribution >= 4 is 18.0 Å². The highest BCUT2D eigenvalue weighted by molar-refractivity contribution is 5.83. The third-order valence-corrected chi connectivity index (χ3v) is 2.68. The van der Waals surface area contributed by atoms with Gasteiger partial charge in [-0.2, -0.15) is 0 Å². The van der Waals surface area contributed by atoms with E-state index in [9.17, 15) is 14.4 Å². The normalized spacial score (nSPS) is 12.0. The molecule has 0 aliphatic carbocycles. The lowest BCUT2D eigenvalue weighted by Gasteiger charge is -2.26. The molecule has 0 spiro atoms. The minimum Gasteiger partial charge on any atom is -0.481 e. The zero-order valence-corrected chi connectivity index (χ0v) is 12.7. The van der Waals surface area contributed by atoms with Crippen LogP contribution in [0.1, 0.15) is 26.7 Å². The van der Waals surface area contributed by atoms with Crippen molar-refractivity contribution in [1.29, 1.82) is 0 Å². The van der Waals surface area contributed by atoms with E-state index in [-0.39, 0.29) is 18.8 Å². The fraction of sp³-hybridized carbons (Fsp3) is 0.769. The Balaban J connectivity index is 4.64. The van der Waals surface area contributed by atoms with Crippen molar-refractivity contribution in [3.8, 4) is 0 Å². The van der Waals surface area contributed by atoms with E-state index in [2.05, 4.69) is 5.32 Å². The predicted octanol–water partition coefficient (Wildman–Crippen LogP) is 0.618. The Bertz CT molecular complexity index is 359. The molecule has 0 bridgehead atoms. The minimum atomic E-state index is -1.25. The number of hydrogen-bond acceptors (Lipinski definition) is 4. The number of carboxylic acid groups (broad SMARTS) is 2. The van der Waals surface area contributed by atoms with Crippen molar-refractivity contribution in [2.45, 2.75) is 32.7 Å². The van der Waals surface area contributed by atoms with Crippen LogP contribution in [-0.2, 0) is 14.3 Å². The van der Waals surface area contributed by atoms with E-state index in [1.807, 2.05) is 13.8 Å². The lowest BCUT2D eigenvalue weighted by molar-refractivity contribution is -0.140. The Morgan fingerprint density at radius 2 is 1.86 bits per heavy atom. The molecular weight excluding hydrogens is 280 g/mol. The van der Waals surface area contributed by atoms with E-state index in [0.717, 1.165) is 0 Å². The smallest absolute Gasteiger partial charge is 0.326 e. The van der Waals surface area contributed by atoms with Crippen LogP contribution in [0, 0.1) is 5.92 Å². The van der Waals surface area contributed by atoms with Crippen LogP contribution in [0.2, 0.25) is 0 Å². The first kappa shape index (κ1) is 19.2. The SMILES string of the molecule is COCCN(CC(C)C)C(=O)NC(CCC(=O)O)C(=O)O. The average Bonchev–Trinajstić information content (AvgIpc) is 2.37. The largest absolute Gasteiger partial charge is 0.481 e. The monoisotopic (exact) mass is 304 g/mol. The fourth-order valence-electron chi connectivity index (χ4n) is 1.68. The number of nitrogens with one attached hydrogen (secondary N) is 1. The molecule has 0 aliphatic heterocycles. The molecule has 0 radical (unpaired) electrons. The van der Waals surface area contributed by atoms with Gasteiger partial charge in [0.2, 0.25) is 0 Å². The molecule has 0 aromatic heterocycles. The summed E-state index contributed by atoms with van der Waals surface area (Å²) in [5.41, 5.74) is 0. The second kappa shape index (κ2) is 9.98. The van der Waals surface area contributed by atoms with Crippen molar-refractivity contribution in [1.82, 2.24) is 10.2 Å². The highest BCUT2D eigenvalue weighted by Gasteiger charge is 2.24. The first-order chi connectivity index (χ1) is 9.77. The molecule has 0 saturated heterocycles. The van der Waals surface area contributed by atoms with E-state index in [0.29, 0.717) is 19.7 Å². The number of ether oxygens (including phenoxy) is 1. The molecule has 122 valence electrons. The van der Waals surface area contributed by atoms with Crippen LogP contribution in [0.4, 0.5) is 4.79 Å². The molecule has 1 atom stereocenters. The van der Waals surface area contributed by atoms with Crippen LogP contribution in [0.25, 0.3) is 0 Å².